The van der Waals surface area contributed by atoms with Crippen molar-refractivity contribution in [2.75, 3.05) is 11.4 Å². The van der Waals surface area contributed by atoms with Crippen LogP contribution in [0.1, 0.15) is 18.1 Å². The van der Waals surface area contributed by atoms with Gasteiger partial charge in [0.25, 0.3) is 0 Å². The lowest BCUT2D eigenvalue weighted by molar-refractivity contribution is -0.116. The van der Waals surface area contributed by atoms with Crippen LogP contribution in [0.3, 0.4) is 0 Å². The highest BCUT2D eigenvalue weighted by molar-refractivity contribution is 7.87. The Kier molecular flexibility index (Phi) is 4.27. The number of benzene rings is 2. The monoisotopic (exact) mass is 365 g/mol. The topological polar surface area (TPSA) is 63.7 Å². The molecule has 0 bridgehead atoms. The molecule has 0 spiro atoms. The maximum absolute atomic E-state index is 12.5. The first-order valence-electron chi connectivity index (χ1n) is 7.39. The predicted molar refractivity (Wildman–Crippen MR) is 92.2 cm³/mol. The molecular weight excluding hydrogens is 350 g/mol. The molecule has 2 aromatic rings. The van der Waals surface area contributed by atoms with Crippen LogP contribution in [0, 0.1) is 6.92 Å². The Hall–Kier alpha value is -2.05. The van der Waals surface area contributed by atoms with Crippen molar-refractivity contribution in [2.45, 2.75) is 25.2 Å². The smallest absolute Gasteiger partial charge is 0.339 e. The molecule has 0 unspecified atom stereocenters. The predicted octanol–water partition coefficient (Wildman–Crippen LogP) is 3.33. The van der Waals surface area contributed by atoms with Gasteiger partial charge >= 0.3 is 10.1 Å². The number of hydrogen-bond donors (Lipinski definition) is 0. The normalized spacial score (nSPS) is 13.7. The fourth-order valence-electron chi connectivity index (χ4n) is 2.70. The molecule has 0 saturated carbocycles. The van der Waals surface area contributed by atoms with Crippen molar-refractivity contribution in [3.8, 4) is 5.75 Å². The van der Waals surface area contributed by atoms with Crippen LogP contribution in [0.4, 0.5) is 5.69 Å². The van der Waals surface area contributed by atoms with E-state index in [0.29, 0.717) is 13.0 Å². The van der Waals surface area contributed by atoms with E-state index in [9.17, 15) is 13.2 Å². The third kappa shape index (κ3) is 3.12. The van der Waals surface area contributed by atoms with Crippen LogP contribution in [0.2, 0.25) is 5.02 Å². The lowest BCUT2D eigenvalue weighted by atomic mass is 10.2. The standard InChI is InChI=1S/C17H16ClNO4S/c1-11-3-5-15(18)17(9-11)23-24(21,22)14-4-6-16-13(10-14)7-8-19(16)12(2)20/h3-6,9-10H,7-8H2,1-2H3. The summed E-state index contributed by atoms with van der Waals surface area (Å²) in [5, 5.41) is 0.230. The number of anilines is 1. The van der Waals surface area contributed by atoms with E-state index in [-0.39, 0.29) is 21.6 Å². The Morgan fingerprint density at radius 2 is 1.96 bits per heavy atom. The molecule has 0 radical (unpaired) electrons. The van der Waals surface area contributed by atoms with Gasteiger partial charge in [-0.25, -0.2) is 0 Å². The van der Waals surface area contributed by atoms with E-state index >= 15 is 0 Å². The molecule has 1 aliphatic heterocycles. The summed E-state index contributed by atoms with van der Waals surface area (Å²) < 4.78 is 30.2. The van der Waals surface area contributed by atoms with Crippen molar-refractivity contribution in [1.29, 1.82) is 0 Å². The van der Waals surface area contributed by atoms with Crippen molar-refractivity contribution in [2.24, 2.45) is 0 Å². The fraction of sp³-hybridized carbons (Fsp3) is 0.235. The molecule has 1 heterocycles. The second-order valence-corrected chi connectivity index (χ2v) is 7.64. The summed E-state index contributed by atoms with van der Waals surface area (Å²) in [5.41, 5.74) is 2.40. The highest BCUT2D eigenvalue weighted by Crippen LogP contribution is 2.32. The molecule has 24 heavy (non-hydrogen) atoms. The minimum Gasteiger partial charge on any atom is -0.377 e. The summed E-state index contributed by atoms with van der Waals surface area (Å²) in [7, 11) is -4.00. The number of amides is 1. The van der Waals surface area contributed by atoms with Gasteiger partial charge in [-0.1, -0.05) is 17.7 Å². The average Bonchev–Trinajstić information content (AvgIpc) is 2.94. The molecular formula is C17H16ClNO4S. The summed E-state index contributed by atoms with van der Waals surface area (Å²) in [6.45, 7) is 3.86. The molecule has 0 saturated heterocycles. The summed E-state index contributed by atoms with van der Waals surface area (Å²) >= 11 is 6.00. The van der Waals surface area contributed by atoms with Gasteiger partial charge in [-0.2, -0.15) is 8.42 Å². The molecule has 5 nitrogen and oxygen atoms in total. The van der Waals surface area contributed by atoms with Crippen LogP contribution in [0.25, 0.3) is 0 Å². The molecule has 2 aromatic carbocycles. The van der Waals surface area contributed by atoms with Crippen LogP contribution in [-0.2, 0) is 21.3 Å². The number of carbonyl (C=O) groups excluding carboxylic acids is 1. The zero-order valence-electron chi connectivity index (χ0n) is 13.2. The summed E-state index contributed by atoms with van der Waals surface area (Å²) in [6, 6.07) is 9.57. The van der Waals surface area contributed by atoms with E-state index in [1.165, 1.54) is 13.0 Å². The maximum atomic E-state index is 12.5. The fourth-order valence-corrected chi connectivity index (χ4v) is 3.90. The zero-order chi connectivity index (χ0) is 17.5. The Morgan fingerprint density at radius 3 is 2.67 bits per heavy atom. The molecule has 7 heteroatoms. The van der Waals surface area contributed by atoms with E-state index in [0.717, 1.165) is 16.8 Å². The first-order chi connectivity index (χ1) is 11.3. The van der Waals surface area contributed by atoms with Crippen LogP contribution < -0.4 is 9.08 Å². The Bertz CT molecular complexity index is 924. The largest absolute Gasteiger partial charge is 0.377 e. The molecule has 3 rings (SSSR count). The summed E-state index contributed by atoms with van der Waals surface area (Å²) in [6.07, 6.45) is 0.615. The first-order valence-corrected chi connectivity index (χ1v) is 9.18. The van der Waals surface area contributed by atoms with Gasteiger partial charge < -0.3 is 9.08 Å². The quantitative estimate of drug-likeness (QED) is 0.783. The van der Waals surface area contributed by atoms with Crippen LogP contribution in [0.15, 0.2) is 41.3 Å². The molecule has 0 atom stereocenters. The average molecular weight is 366 g/mol. The Morgan fingerprint density at radius 1 is 1.21 bits per heavy atom. The van der Waals surface area contributed by atoms with Crippen molar-refractivity contribution in [1.82, 2.24) is 0 Å². The minimum atomic E-state index is -4.00. The minimum absolute atomic E-state index is 0.0456. The van der Waals surface area contributed by atoms with Gasteiger partial charge in [0.1, 0.15) is 4.90 Å². The molecule has 1 amide bonds. The summed E-state index contributed by atoms with van der Waals surface area (Å²) in [4.78, 5) is 13.2. The van der Waals surface area contributed by atoms with Gasteiger partial charge in [0.15, 0.2) is 5.75 Å². The van der Waals surface area contributed by atoms with Crippen LogP contribution >= 0.6 is 11.6 Å². The van der Waals surface area contributed by atoms with Crippen molar-refractivity contribution >= 4 is 33.3 Å². The van der Waals surface area contributed by atoms with E-state index in [4.69, 9.17) is 15.8 Å². The van der Waals surface area contributed by atoms with Crippen LogP contribution in [-0.4, -0.2) is 20.9 Å². The second-order valence-electron chi connectivity index (χ2n) is 5.68. The van der Waals surface area contributed by atoms with E-state index in [1.807, 2.05) is 6.92 Å². The molecule has 126 valence electrons. The number of nitrogens with zero attached hydrogens (tertiary/aromatic N) is 1. The lowest BCUT2D eigenvalue weighted by Gasteiger charge is -2.15. The molecule has 0 aromatic heterocycles. The maximum Gasteiger partial charge on any atom is 0.339 e. The molecule has 0 aliphatic carbocycles. The summed E-state index contributed by atoms with van der Waals surface area (Å²) in [5.74, 6) is 0.0367. The molecule has 0 fully saturated rings. The zero-order valence-corrected chi connectivity index (χ0v) is 14.8. The first kappa shape index (κ1) is 16.8. The number of carbonyl (C=O) groups is 1. The van der Waals surface area contributed by atoms with Gasteiger partial charge in [0.2, 0.25) is 5.91 Å². The van der Waals surface area contributed by atoms with Gasteiger partial charge in [0.05, 0.1) is 5.02 Å². The van der Waals surface area contributed by atoms with Gasteiger partial charge in [-0.05, 0) is 54.8 Å². The van der Waals surface area contributed by atoms with E-state index in [2.05, 4.69) is 0 Å². The van der Waals surface area contributed by atoms with Crippen molar-refractivity contribution in [3.63, 3.8) is 0 Å². The number of fused-ring (bicyclic) bond motifs is 1. The number of aryl methyl sites for hydroxylation is 1. The van der Waals surface area contributed by atoms with Gasteiger partial charge in [-0.3, -0.25) is 4.79 Å². The highest BCUT2D eigenvalue weighted by Gasteiger charge is 2.26. The lowest BCUT2D eigenvalue weighted by Crippen LogP contribution is -2.25. The number of halogens is 1. The van der Waals surface area contributed by atoms with E-state index in [1.54, 1.807) is 35.2 Å². The van der Waals surface area contributed by atoms with Gasteiger partial charge in [0, 0.05) is 19.2 Å². The Labute approximate surface area is 145 Å². The highest BCUT2D eigenvalue weighted by atomic mass is 35.5. The van der Waals surface area contributed by atoms with Crippen molar-refractivity contribution in [3.05, 3.63) is 52.5 Å². The molecule has 1 aliphatic rings. The van der Waals surface area contributed by atoms with Crippen molar-refractivity contribution < 1.29 is 17.4 Å². The SMILES string of the molecule is CC(=O)N1CCc2cc(S(=O)(=O)Oc3cc(C)ccc3Cl)ccc21. The van der Waals surface area contributed by atoms with Gasteiger partial charge in [-0.15, -0.1) is 0 Å². The molecule has 0 N–H and O–H groups in total. The van der Waals surface area contributed by atoms with Crippen LogP contribution in [0.5, 0.6) is 5.75 Å². The third-order valence-corrected chi connectivity index (χ3v) is 5.44. The Balaban J connectivity index is 1.94. The second kappa shape index (κ2) is 6.11. The number of rotatable bonds is 3. The number of hydrogen-bond acceptors (Lipinski definition) is 4. The third-order valence-electron chi connectivity index (χ3n) is 3.90. The van der Waals surface area contributed by atoms with E-state index < -0.39 is 10.1 Å².